The van der Waals surface area contributed by atoms with E-state index in [1.807, 2.05) is 0 Å². The van der Waals surface area contributed by atoms with Crippen molar-refractivity contribution in [2.45, 2.75) is 12.8 Å². The Morgan fingerprint density at radius 2 is 2.17 bits per heavy atom. The molecule has 6 heavy (non-hydrogen) atoms. The number of hydrogen-bond donors (Lipinski definition) is 1. The van der Waals surface area contributed by atoms with Crippen molar-refractivity contribution in [2.24, 2.45) is 5.41 Å². The summed E-state index contributed by atoms with van der Waals surface area (Å²) in [5.41, 5.74) is 0.0972. The third kappa shape index (κ3) is 0.548. The fraction of sp³-hybridized carbons (Fsp3) is 0.800. The van der Waals surface area contributed by atoms with E-state index in [-0.39, 0.29) is 12.0 Å². The molecule has 1 radical (unpaired) electrons. The minimum atomic E-state index is 0.0972. The number of hydrogen-bond acceptors (Lipinski definition) is 1. The molecular formula is C5H9O. The molecule has 1 saturated carbocycles. The second-order valence-electron chi connectivity index (χ2n) is 2.16. The van der Waals surface area contributed by atoms with Gasteiger partial charge in [0.2, 0.25) is 0 Å². The molecule has 1 fully saturated rings. The van der Waals surface area contributed by atoms with Gasteiger partial charge in [-0.25, -0.2) is 0 Å². The van der Waals surface area contributed by atoms with E-state index in [2.05, 4.69) is 6.92 Å². The van der Waals surface area contributed by atoms with Gasteiger partial charge in [0.05, 0.1) is 0 Å². The first-order chi connectivity index (χ1) is 2.77. The molecule has 1 N–H and O–H groups in total. The molecule has 0 bridgehead atoms. The Bertz CT molecular complexity index is 55.0. The zero-order chi connectivity index (χ0) is 4.62. The molecule has 1 nitrogen and oxygen atoms in total. The summed E-state index contributed by atoms with van der Waals surface area (Å²) in [6.45, 7) is 4.02. The molecule has 0 saturated heterocycles. The summed E-state index contributed by atoms with van der Waals surface area (Å²) in [5.74, 6) is 0. The van der Waals surface area contributed by atoms with Crippen LogP contribution in [0.5, 0.6) is 0 Å². The first kappa shape index (κ1) is 4.13. The van der Waals surface area contributed by atoms with Crippen molar-refractivity contribution >= 4 is 0 Å². The molecule has 1 heteroatoms. The summed E-state index contributed by atoms with van der Waals surface area (Å²) in [6, 6.07) is 0. The van der Waals surface area contributed by atoms with Crippen LogP contribution in [-0.2, 0) is 0 Å². The zero-order valence-corrected chi connectivity index (χ0v) is 3.78. The predicted octanol–water partition coefficient (Wildman–Crippen LogP) is 0.593. The average Bonchev–Trinajstić information content (AvgIpc) is 2.22. The van der Waals surface area contributed by atoms with Gasteiger partial charge in [-0.2, -0.15) is 0 Å². The van der Waals surface area contributed by atoms with Crippen molar-refractivity contribution in [2.75, 3.05) is 6.61 Å². The van der Waals surface area contributed by atoms with Gasteiger partial charge in [-0.3, -0.25) is 0 Å². The van der Waals surface area contributed by atoms with E-state index in [1.165, 1.54) is 0 Å². The first-order valence-electron chi connectivity index (χ1n) is 2.23. The van der Waals surface area contributed by atoms with Crippen molar-refractivity contribution in [1.29, 1.82) is 0 Å². The lowest BCUT2D eigenvalue weighted by Gasteiger charge is -1.95. The molecule has 0 unspecified atom stereocenters. The molecule has 0 amide bonds. The Kier molecular flexibility index (Phi) is 0.667. The smallest absolute Gasteiger partial charge is 0.0487 e. The minimum absolute atomic E-state index is 0.0972. The van der Waals surface area contributed by atoms with Crippen molar-refractivity contribution in [3.63, 3.8) is 0 Å². The molecule has 0 aromatic heterocycles. The maximum atomic E-state index is 8.40. The van der Waals surface area contributed by atoms with Gasteiger partial charge in [0.25, 0.3) is 0 Å². The molecule has 0 aromatic carbocycles. The summed E-state index contributed by atoms with van der Waals surface area (Å²) in [6.07, 6.45) is 2.23. The Hall–Kier alpha value is -0.0400. The van der Waals surface area contributed by atoms with E-state index in [9.17, 15) is 0 Å². The van der Waals surface area contributed by atoms with Gasteiger partial charge in [-0.15, -0.1) is 0 Å². The second-order valence-corrected chi connectivity index (χ2v) is 2.16. The van der Waals surface area contributed by atoms with Crippen LogP contribution in [0.4, 0.5) is 0 Å². The molecule has 1 aliphatic rings. The van der Waals surface area contributed by atoms with E-state index in [0.717, 1.165) is 12.8 Å². The predicted molar refractivity (Wildman–Crippen MR) is 24.1 cm³/mol. The fourth-order valence-corrected chi connectivity index (χ4v) is 0.335. The monoisotopic (exact) mass is 85.1 g/mol. The minimum Gasteiger partial charge on any atom is -0.396 e. The lowest BCUT2D eigenvalue weighted by molar-refractivity contribution is 0.240. The summed E-state index contributed by atoms with van der Waals surface area (Å²) < 4.78 is 0. The summed E-state index contributed by atoms with van der Waals surface area (Å²) in [5, 5.41) is 8.40. The third-order valence-electron chi connectivity index (χ3n) is 1.29. The van der Waals surface area contributed by atoms with Crippen LogP contribution in [0.25, 0.3) is 0 Å². The van der Waals surface area contributed by atoms with Crippen LogP contribution in [0, 0.1) is 12.3 Å². The van der Waals surface area contributed by atoms with Gasteiger partial charge in [-0.1, -0.05) is 0 Å². The van der Waals surface area contributed by atoms with Crippen LogP contribution in [-0.4, -0.2) is 11.7 Å². The second kappa shape index (κ2) is 0.969. The normalized spacial score (nSPS) is 27.0. The lowest BCUT2D eigenvalue weighted by atomic mass is 10.2. The van der Waals surface area contributed by atoms with Crippen LogP contribution in [0.2, 0.25) is 0 Å². The topological polar surface area (TPSA) is 20.2 Å². The van der Waals surface area contributed by atoms with E-state index >= 15 is 0 Å². The fourth-order valence-electron chi connectivity index (χ4n) is 0.335. The van der Waals surface area contributed by atoms with Crippen molar-refractivity contribution in [3.8, 4) is 0 Å². The van der Waals surface area contributed by atoms with Crippen LogP contribution in [0.3, 0.4) is 0 Å². The third-order valence-corrected chi connectivity index (χ3v) is 1.29. The number of aliphatic hydroxyl groups excluding tert-OH is 1. The van der Waals surface area contributed by atoms with Crippen molar-refractivity contribution < 1.29 is 5.11 Å². The van der Waals surface area contributed by atoms with Gasteiger partial charge in [-0.05, 0) is 25.2 Å². The van der Waals surface area contributed by atoms with Crippen LogP contribution < -0.4 is 0 Å². The Morgan fingerprint density at radius 1 is 1.67 bits per heavy atom. The molecule has 0 spiro atoms. The average molecular weight is 85.1 g/mol. The number of rotatable bonds is 1. The van der Waals surface area contributed by atoms with E-state index < -0.39 is 0 Å². The van der Waals surface area contributed by atoms with E-state index in [1.54, 1.807) is 0 Å². The molecule has 0 heterocycles. The van der Waals surface area contributed by atoms with Gasteiger partial charge >= 0.3 is 0 Å². The van der Waals surface area contributed by atoms with Crippen LogP contribution >= 0.6 is 0 Å². The van der Waals surface area contributed by atoms with Crippen molar-refractivity contribution in [3.05, 3.63) is 6.92 Å². The molecule has 0 aliphatic heterocycles. The summed E-state index contributed by atoms with van der Waals surface area (Å²) in [7, 11) is 0. The molecule has 1 aliphatic carbocycles. The van der Waals surface area contributed by atoms with Crippen LogP contribution in [0.15, 0.2) is 0 Å². The Labute approximate surface area is 38.0 Å². The highest BCUT2D eigenvalue weighted by molar-refractivity contribution is 4.94. The maximum absolute atomic E-state index is 8.40. The standard InChI is InChI=1S/C5H9O/c1-5(4-6)2-3-5/h6H,1-4H2. The Morgan fingerprint density at radius 3 is 2.17 bits per heavy atom. The molecule has 1 rings (SSSR count). The first-order valence-corrected chi connectivity index (χ1v) is 2.23. The van der Waals surface area contributed by atoms with Crippen LogP contribution in [0.1, 0.15) is 12.8 Å². The quantitative estimate of drug-likeness (QED) is 0.494. The van der Waals surface area contributed by atoms with E-state index in [0.29, 0.717) is 0 Å². The summed E-state index contributed by atoms with van der Waals surface area (Å²) >= 11 is 0. The molecule has 0 atom stereocenters. The molecule has 0 aromatic rings. The van der Waals surface area contributed by atoms with Gasteiger partial charge in [0, 0.05) is 6.61 Å². The lowest BCUT2D eigenvalue weighted by Crippen LogP contribution is -1.97. The highest BCUT2D eigenvalue weighted by atomic mass is 16.3. The SMILES string of the molecule is [CH2]C1(CO)CC1. The highest BCUT2D eigenvalue weighted by Gasteiger charge is 2.36. The highest BCUT2D eigenvalue weighted by Crippen LogP contribution is 2.43. The zero-order valence-electron chi connectivity index (χ0n) is 3.78. The molecule has 35 valence electrons. The van der Waals surface area contributed by atoms with Crippen molar-refractivity contribution in [1.82, 2.24) is 0 Å². The Balaban J connectivity index is 2.28. The molecular weight excluding hydrogens is 76.1 g/mol. The van der Waals surface area contributed by atoms with E-state index in [4.69, 9.17) is 5.11 Å². The largest absolute Gasteiger partial charge is 0.396 e. The van der Waals surface area contributed by atoms with Gasteiger partial charge < -0.3 is 5.11 Å². The van der Waals surface area contributed by atoms with Gasteiger partial charge in [0.1, 0.15) is 0 Å². The van der Waals surface area contributed by atoms with Gasteiger partial charge in [0.15, 0.2) is 0 Å². The maximum Gasteiger partial charge on any atom is 0.0487 e. The number of aliphatic hydroxyl groups is 1. The summed E-state index contributed by atoms with van der Waals surface area (Å²) in [4.78, 5) is 0.